The minimum Gasteiger partial charge on any atom is -0.493 e. The van der Waals surface area contributed by atoms with Crippen LogP contribution in [0.2, 0.25) is 0 Å². The van der Waals surface area contributed by atoms with E-state index in [1.54, 1.807) is 26.2 Å². The number of nitrogens with zero attached hydrogens (tertiary/aromatic N) is 1. The lowest BCUT2D eigenvalue weighted by Gasteiger charge is -2.21. The summed E-state index contributed by atoms with van der Waals surface area (Å²) >= 11 is 0. The first-order valence-electron chi connectivity index (χ1n) is 8.51. The largest absolute Gasteiger partial charge is 0.493 e. The molecule has 0 bridgehead atoms. The molecule has 0 aliphatic heterocycles. The van der Waals surface area contributed by atoms with E-state index < -0.39 is 0 Å². The van der Waals surface area contributed by atoms with Gasteiger partial charge in [0.05, 0.1) is 14.2 Å². The van der Waals surface area contributed by atoms with Gasteiger partial charge in [-0.05, 0) is 55.2 Å². The average molecular weight is 357 g/mol. The summed E-state index contributed by atoms with van der Waals surface area (Å²) < 4.78 is 16.4. The zero-order valence-electron chi connectivity index (χ0n) is 16.4. The Kier molecular flexibility index (Phi) is 6.50. The molecular weight excluding hydrogens is 330 g/mol. The second kappa shape index (κ2) is 8.61. The number of aryl methyl sites for hydroxylation is 3. The molecule has 0 saturated carbocycles. The van der Waals surface area contributed by atoms with Crippen LogP contribution in [0.15, 0.2) is 30.3 Å². The Morgan fingerprint density at radius 3 is 2.12 bits per heavy atom. The fraction of sp³-hybridized carbons (Fsp3) is 0.381. The Morgan fingerprint density at radius 1 is 0.962 bits per heavy atom. The minimum atomic E-state index is -0.0816. The molecule has 0 saturated heterocycles. The van der Waals surface area contributed by atoms with E-state index >= 15 is 0 Å². The number of hydrogen-bond acceptors (Lipinski definition) is 4. The Balaban J connectivity index is 2.05. The van der Waals surface area contributed by atoms with Crippen molar-refractivity contribution in [2.45, 2.75) is 27.3 Å². The molecule has 2 aromatic carbocycles. The predicted octanol–water partition coefficient (Wildman–Crippen LogP) is 3.67. The van der Waals surface area contributed by atoms with Crippen molar-refractivity contribution in [1.82, 2.24) is 4.90 Å². The van der Waals surface area contributed by atoms with Crippen LogP contribution in [0, 0.1) is 20.8 Å². The third kappa shape index (κ3) is 4.48. The number of rotatable bonds is 7. The summed E-state index contributed by atoms with van der Waals surface area (Å²) in [5.41, 5.74) is 4.09. The summed E-state index contributed by atoms with van der Waals surface area (Å²) in [4.78, 5) is 14.1. The van der Waals surface area contributed by atoms with Crippen molar-refractivity contribution in [3.8, 4) is 17.2 Å². The Morgan fingerprint density at radius 2 is 1.54 bits per heavy atom. The van der Waals surface area contributed by atoms with Gasteiger partial charge in [0, 0.05) is 13.6 Å². The van der Waals surface area contributed by atoms with Crippen LogP contribution in [-0.2, 0) is 11.3 Å². The van der Waals surface area contributed by atoms with Crippen molar-refractivity contribution in [3.63, 3.8) is 0 Å². The summed E-state index contributed by atoms with van der Waals surface area (Å²) in [7, 11) is 4.98. The Bertz CT molecular complexity index is 766. The standard InChI is InChI=1S/C21H27NO4/c1-14-8-7-9-15(2)21(14)26-13-20(23)22(4)12-17-11-19(25-6)18(24-5)10-16(17)3/h7-11H,12-13H2,1-6H3. The molecule has 2 aromatic rings. The number of likely N-dealkylation sites (N-methyl/N-ethyl adjacent to an activating group) is 1. The van der Waals surface area contributed by atoms with Gasteiger partial charge >= 0.3 is 0 Å². The monoisotopic (exact) mass is 357 g/mol. The van der Waals surface area contributed by atoms with Crippen LogP contribution in [0.4, 0.5) is 0 Å². The van der Waals surface area contributed by atoms with Crippen LogP contribution in [-0.4, -0.2) is 38.7 Å². The molecule has 0 aliphatic carbocycles. The zero-order chi connectivity index (χ0) is 19.3. The van der Waals surface area contributed by atoms with Crippen LogP contribution in [0.5, 0.6) is 17.2 Å². The van der Waals surface area contributed by atoms with E-state index in [4.69, 9.17) is 14.2 Å². The number of hydrogen-bond donors (Lipinski definition) is 0. The van der Waals surface area contributed by atoms with E-state index in [0.29, 0.717) is 18.0 Å². The average Bonchev–Trinajstić information content (AvgIpc) is 2.62. The molecule has 0 aromatic heterocycles. The number of amides is 1. The van der Waals surface area contributed by atoms with Gasteiger partial charge in [-0.2, -0.15) is 0 Å². The van der Waals surface area contributed by atoms with Crippen molar-refractivity contribution in [1.29, 1.82) is 0 Å². The van der Waals surface area contributed by atoms with E-state index in [1.807, 2.05) is 51.1 Å². The quantitative estimate of drug-likeness (QED) is 0.759. The molecule has 0 heterocycles. The zero-order valence-corrected chi connectivity index (χ0v) is 16.4. The summed E-state index contributed by atoms with van der Waals surface area (Å²) in [6, 6.07) is 9.75. The van der Waals surface area contributed by atoms with Crippen LogP contribution < -0.4 is 14.2 Å². The van der Waals surface area contributed by atoms with Gasteiger partial charge in [0.1, 0.15) is 5.75 Å². The predicted molar refractivity (Wildman–Crippen MR) is 102 cm³/mol. The molecule has 0 spiro atoms. The van der Waals surface area contributed by atoms with E-state index in [-0.39, 0.29) is 12.5 Å². The Labute approximate surface area is 155 Å². The molecule has 0 unspecified atom stereocenters. The summed E-state index contributed by atoms with van der Waals surface area (Å²) in [5.74, 6) is 2.03. The molecule has 0 atom stereocenters. The van der Waals surface area contributed by atoms with Crippen LogP contribution in [0.25, 0.3) is 0 Å². The smallest absolute Gasteiger partial charge is 0.260 e. The summed E-state index contributed by atoms with van der Waals surface area (Å²) in [5, 5.41) is 0. The van der Waals surface area contributed by atoms with Crippen molar-refractivity contribution in [3.05, 3.63) is 52.6 Å². The molecule has 0 aliphatic rings. The highest BCUT2D eigenvalue weighted by Crippen LogP contribution is 2.30. The van der Waals surface area contributed by atoms with Crippen LogP contribution in [0.3, 0.4) is 0 Å². The SMILES string of the molecule is COc1cc(C)c(CN(C)C(=O)COc2c(C)cccc2C)cc1OC. The molecule has 2 rings (SSSR count). The molecule has 5 heteroatoms. The number of ether oxygens (including phenoxy) is 3. The van der Waals surface area contributed by atoms with Gasteiger partial charge in [-0.15, -0.1) is 0 Å². The third-order valence-corrected chi connectivity index (χ3v) is 4.42. The molecule has 1 amide bonds. The van der Waals surface area contributed by atoms with Crippen LogP contribution >= 0.6 is 0 Å². The molecule has 0 fully saturated rings. The number of methoxy groups -OCH3 is 2. The lowest BCUT2D eigenvalue weighted by Crippen LogP contribution is -2.31. The van der Waals surface area contributed by atoms with Gasteiger partial charge in [-0.1, -0.05) is 18.2 Å². The van der Waals surface area contributed by atoms with Gasteiger partial charge < -0.3 is 19.1 Å². The van der Waals surface area contributed by atoms with Crippen LogP contribution in [0.1, 0.15) is 22.3 Å². The van der Waals surface area contributed by atoms with Crippen molar-refractivity contribution in [2.24, 2.45) is 0 Å². The highest BCUT2D eigenvalue weighted by Gasteiger charge is 2.15. The molecule has 140 valence electrons. The van der Waals surface area contributed by atoms with Gasteiger partial charge in [0.2, 0.25) is 0 Å². The van der Waals surface area contributed by atoms with Gasteiger partial charge in [0.15, 0.2) is 18.1 Å². The molecular formula is C21H27NO4. The summed E-state index contributed by atoms with van der Waals surface area (Å²) in [6.07, 6.45) is 0. The summed E-state index contributed by atoms with van der Waals surface area (Å²) in [6.45, 7) is 6.42. The lowest BCUT2D eigenvalue weighted by atomic mass is 10.1. The lowest BCUT2D eigenvalue weighted by molar-refractivity contribution is -0.132. The third-order valence-electron chi connectivity index (χ3n) is 4.42. The fourth-order valence-corrected chi connectivity index (χ4v) is 2.81. The van der Waals surface area contributed by atoms with Gasteiger partial charge in [-0.25, -0.2) is 0 Å². The number of carbonyl (C=O) groups excluding carboxylic acids is 1. The topological polar surface area (TPSA) is 48.0 Å². The van der Waals surface area contributed by atoms with Gasteiger partial charge in [-0.3, -0.25) is 4.79 Å². The van der Waals surface area contributed by atoms with E-state index in [2.05, 4.69) is 0 Å². The van der Waals surface area contributed by atoms with Crippen molar-refractivity contribution in [2.75, 3.05) is 27.9 Å². The molecule has 0 radical (unpaired) electrons. The van der Waals surface area contributed by atoms with E-state index in [9.17, 15) is 4.79 Å². The second-order valence-corrected chi connectivity index (χ2v) is 6.39. The second-order valence-electron chi connectivity index (χ2n) is 6.39. The van der Waals surface area contributed by atoms with Gasteiger partial charge in [0.25, 0.3) is 5.91 Å². The highest BCUT2D eigenvalue weighted by atomic mass is 16.5. The van der Waals surface area contributed by atoms with Crippen molar-refractivity contribution < 1.29 is 19.0 Å². The van der Waals surface area contributed by atoms with E-state index in [1.165, 1.54) is 0 Å². The number of benzene rings is 2. The molecule has 0 N–H and O–H groups in total. The Hall–Kier alpha value is -2.69. The first kappa shape index (κ1) is 19.6. The maximum atomic E-state index is 12.5. The fourth-order valence-electron chi connectivity index (χ4n) is 2.81. The van der Waals surface area contributed by atoms with E-state index in [0.717, 1.165) is 28.0 Å². The number of carbonyl (C=O) groups is 1. The first-order chi connectivity index (χ1) is 12.4. The normalized spacial score (nSPS) is 10.4. The first-order valence-corrected chi connectivity index (χ1v) is 8.51. The number of para-hydroxylation sites is 1. The highest BCUT2D eigenvalue weighted by molar-refractivity contribution is 5.77. The van der Waals surface area contributed by atoms with Crippen molar-refractivity contribution >= 4 is 5.91 Å². The maximum Gasteiger partial charge on any atom is 0.260 e. The maximum absolute atomic E-state index is 12.5. The minimum absolute atomic E-state index is 0.00846. The molecule has 26 heavy (non-hydrogen) atoms. The molecule has 5 nitrogen and oxygen atoms in total.